The molecule has 36 heavy (non-hydrogen) atoms. The van der Waals surface area contributed by atoms with Crippen LogP contribution < -0.4 is 10.2 Å². The van der Waals surface area contributed by atoms with Crippen LogP contribution in [0.1, 0.15) is 17.2 Å². The Hall–Kier alpha value is -3.96. The lowest BCUT2D eigenvalue weighted by molar-refractivity contribution is -0.127. The number of carbonyl (C=O) groups excluding carboxylic acids is 1. The number of nitrogens with zero attached hydrogens (tertiary/aromatic N) is 2. The molecule has 1 N–H and O–H groups in total. The van der Waals surface area contributed by atoms with E-state index in [-0.39, 0.29) is 11.7 Å². The van der Waals surface area contributed by atoms with E-state index < -0.39 is 6.04 Å². The van der Waals surface area contributed by atoms with Crippen molar-refractivity contribution >= 4 is 11.6 Å². The highest BCUT2D eigenvalue weighted by atomic mass is 19.1. The molecular weight excluding hydrogens is 449 g/mol. The molecule has 1 saturated heterocycles. The Balaban J connectivity index is 1.35. The third-order valence-corrected chi connectivity index (χ3v) is 6.76. The first kappa shape index (κ1) is 23.8. The quantitative estimate of drug-likeness (QED) is 0.371. The lowest BCUT2D eigenvalue weighted by Crippen LogP contribution is -2.51. The predicted octanol–water partition coefficient (Wildman–Crippen LogP) is 5.67. The number of rotatable bonds is 7. The number of carbonyl (C=O) groups is 1. The van der Waals surface area contributed by atoms with Gasteiger partial charge in [-0.05, 0) is 34.4 Å². The minimum atomic E-state index is -0.415. The molecule has 1 aliphatic rings. The Morgan fingerprint density at radius 1 is 0.722 bits per heavy atom. The summed E-state index contributed by atoms with van der Waals surface area (Å²) in [5, 5.41) is 3.14. The SMILES string of the molecule is O=C(NCc1ccccc1)C(c1ccc(-c2ccccc2)cc1)N1CCN(c2ccccc2F)CC1. The van der Waals surface area contributed by atoms with Crippen LogP contribution in [0.3, 0.4) is 0 Å². The van der Waals surface area contributed by atoms with Gasteiger partial charge in [-0.15, -0.1) is 0 Å². The molecule has 1 amide bonds. The van der Waals surface area contributed by atoms with E-state index in [1.54, 1.807) is 6.07 Å². The minimum Gasteiger partial charge on any atom is -0.367 e. The highest BCUT2D eigenvalue weighted by Gasteiger charge is 2.31. The van der Waals surface area contributed by atoms with E-state index in [0.29, 0.717) is 38.4 Å². The van der Waals surface area contributed by atoms with Gasteiger partial charge >= 0.3 is 0 Å². The number of hydrogen-bond donors (Lipinski definition) is 1. The number of nitrogens with one attached hydrogen (secondary N) is 1. The molecule has 0 radical (unpaired) electrons. The number of piperazine rings is 1. The molecular formula is C31H30FN3O. The summed E-state index contributed by atoms with van der Waals surface area (Å²) >= 11 is 0. The molecule has 4 nitrogen and oxygen atoms in total. The van der Waals surface area contributed by atoms with Gasteiger partial charge < -0.3 is 10.2 Å². The molecule has 0 saturated carbocycles. The van der Waals surface area contributed by atoms with Crippen molar-refractivity contribution in [2.75, 3.05) is 31.1 Å². The van der Waals surface area contributed by atoms with E-state index in [1.807, 2.05) is 60.7 Å². The van der Waals surface area contributed by atoms with Crippen LogP contribution in [0.5, 0.6) is 0 Å². The molecule has 4 aromatic rings. The van der Waals surface area contributed by atoms with Crippen LogP contribution in [0.4, 0.5) is 10.1 Å². The summed E-state index contributed by atoms with van der Waals surface area (Å²) in [5.74, 6) is -0.231. The fraction of sp³-hybridized carbons (Fsp3) is 0.194. The van der Waals surface area contributed by atoms with E-state index in [9.17, 15) is 9.18 Å². The monoisotopic (exact) mass is 479 g/mol. The molecule has 1 unspecified atom stereocenters. The van der Waals surface area contributed by atoms with Crippen molar-refractivity contribution in [2.45, 2.75) is 12.6 Å². The maximum absolute atomic E-state index is 14.3. The summed E-state index contributed by atoms with van der Waals surface area (Å²) in [7, 11) is 0. The maximum atomic E-state index is 14.3. The number of amides is 1. The van der Waals surface area contributed by atoms with Crippen LogP contribution in [0.25, 0.3) is 11.1 Å². The fourth-order valence-electron chi connectivity index (χ4n) is 4.83. The summed E-state index contributed by atoms with van der Waals surface area (Å²) < 4.78 is 14.3. The smallest absolute Gasteiger partial charge is 0.242 e. The summed E-state index contributed by atoms with van der Waals surface area (Å²) in [4.78, 5) is 17.8. The fourth-order valence-corrected chi connectivity index (χ4v) is 4.83. The van der Waals surface area contributed by atoms with Gasteiger partial charge in [0.05, 0.1) is 5.69 Å². The largest absolute Gasteiger partial charge is 0.367 e. The molecule has 1 atom stereocenters. The van der Waals surface area contributed by atoms with Crippen LogP contribution in [0.15, 0.2) is 109 Å². The van der Waals surface area contributed by atoms with Crippen molar-refractivity contribution in [1.29, 1.82) is 0 Å². The van der Waals surface area contributed by atoms with Crippen molar-refractivity contribution in [3.8, 4) is 11.1 Å². The summed E-state index contributed by atoms with van der Waals surface area (Å²) in [6.07, 6.45) is 0. The highest BCUT2D eigenvalue weighted by Crippen LogP contribution is 2.28. The molecule has 5 heteroatoms. The second-order valence-electron chi connectivity index (χ2n) is 9.07. The second kappa shape index (κ2) is 11.2. The first-order valence-corrected chi connectivity index (χ1v) is 12.4. The topological polar surface area (TPSA) is 35.6 Å². The number of hydrogen-bond acceptors (Lipinski definition) is 3. The Morgan fingerprint density at radius 2 is 1.31 bits per heavy atom. The molecule has 0 bridgehead atoms. The predicted molar refractivity (Wildman–Crippen MR) is 143 cm³/mol. The van der Waals surface area contributed by atoms with Crippen LogP contribution in [0.2, 0.25) is 0 Å². The first-order valence-electron chi connectivity index (χ1n) is 12.4. The molecule has 1 fully saturated rings. The zero-order chi connectivity index (χ0) is 24.7. The normalized spacial score (nSPS) is 14.9. The Bertz CT molecular complexity index is 1270. The van der Waals surface area contributed by atoms with Crippen molar-refractivity contribution in [2.24, 2.45) is 0 Å². The van der Waals surface area contributed by atoms with Crippen LogP contribution in [0, 0.1) is 5.82 Å². The third-order valence-electron chi connectivity index (χ3n) is 6.76. The zero-order valence-electron chi connectivity index (χ0n) is 20.2. The van der Waals surface area contributed by atoms with Gasteiger partial charge in [-0.2, -0.15) is 0 Å². The van der Waals surface area contributed by atoms with Crippen LogP contribution in [-0.4, -0.2) is 37.0 Å². The van der Waals surface area contributed by atoms with Crippen molar-refractivity contribution in [3.05, 3.63) is 126 Å². The van der Waals surface area contributed by atoms with Gasteiger partial charge in [0.1, 0.15) is 11.9 Å². The van der Waals surface area contributed by atoms with Gasteiger partial charge in [0.25, 0.3) is 0 Å². The molecule has 0 spiro atoms. The minimum absolute atomic E-state index is 0.0225. The second-order valence-corrected chi connectivity index (χ2v) is 9.07. The number of anilines is 1. The van der Waals surface area contributed by atoms with Gasteiger partial charge in [0.15, 0.2) is 0 Å². The van der Waals surface area contributed by atoms with E-state index in [0.717, 1.165) is 22.3 Å². The molecule has 4 aromatic carbocycles. The highest BCUT2D eigenvalue weighted by molar-refractivity contribution is 5.83. The molecule has 182 valence electrons. The number of halogens is 1. The first-order chi connectivity index (χ1) is 17.7. The third kappa shape index (κ3) is 5.47. The van der Waals surface area contributed by atoms with Gasteiger partial charge in [-0.25, -0.2) is 4.39 Å². The van der Waals surface area contributed by atoms with Gasteiger partial charge in [-0.3, -0.25) is 9.69 Å². The molecule has 5 rings (SSSR count). The summed E-state index contributed by atoms with van der Waals surface area (Å²) in [5.41, 5.74) is 4.90. The standard InChI is InChI=1S/C31H30FN3O/c32-28-13-7-8-14-29(28)34-19-21-35(22-20-34)30(31(36)33-23-24-9-3-1-4-10-24)27-17-15-26(16-18-27)25-11-5-2-6-12-25/h1-18,30H,19-23H2,(H,33,36). The van der Waals surface area contributed by atoms with Gasteiger partial charge in [0, 0.05) is 32.7 Å². The van der Waals surface area contributed by atoms with E-state index in [2.05, 4.69) is 51.5 Å². The number of para-hydroxylation sites is 1. The molecule has 1 heterocycles. The average Bonchev–Trinajstić information content (AvgIpc) is 2.94. The Morgan fingerprint density at radius 3 is 1.97 bits per heavy atom. The van der Waals surface area contributed by atoms with E-state index in [1.165, 1.54) is 6.07 Å². The van der Waals surface area contributed by atoms with Crippen molar-refractivity contribution in [1.82, 2.24) is 10.2 Å². The van der Waals surface area contributed by atoms with E-state index >= 15 is 0 Å². The van der Waals surface area contributed by atoms with Gasteiger partial charge in [-0.1, -0.05) is 97.1 Å². The number of benzene rings is 4. The molecule has 0 aromatic heterocycles. The van der Waals surface area contributed by atoms with Crippen molar-refractivity contribution in [3.63, 3.8) is 0 Å². The summed E-state index contributed by atoms with van der Waals surface area (Å²) in [6, 6.07) is 34.9. The van der Waals surface area contributed by atoms with Crippen LogP contribution >= 0.6 is 0 Å². The van der Waals surface area contributed by atoms with E-state index in [4.69, 9.17) is 0 Å². The van der Waals surface area contributed by atoms with Crippen molar-refractivity contribution < 1.29 is 9.18 Å². The lowest BCUT2D eigenvalue weighted by Gasteiger charge is -2.39. The lowest BCUT2D eigenvalue weighted by atomic mass is 9.98. The maximum Gasteiger partial charge on any atom is 0.242 e. The molecule has 0 aliphatic carbocycles. The zero-order valence-corrected chi connectivity index (χ0v) is 20.2. The summed E-state index contributed by atoms with van der Waals surface area (Å²) in [6.45, 7) is 3.13. The average molecular weight is 480 g/mol. The van der Waals surface area contributed by atoms with Crippen LogP contribution in [-0.2, 0) is 11.3 Å². The Labute approximate surface area is 212 Å². The Kier molecular flexibility index (Phi) is 7.39. The molecule has 1 aliphatic heterocycles. The van der Waals surface area contributed by atoms with Gasteiger partial charge in [0.2, 0.25) is 5.91 Å².